The molecular weight excluding hydrogens is 427 g/mol. The van der Waals surface area contributed by atoms with Gasteiger partial charge in [0, 0.05) is 18.2 Å². The number of aryl methyl sites for hydroxylation is 1. The molecule has 4 rings (SSSR count). The molecule has 5 heteroatoms. The number of hydrogen-bond donors (Lipinski definition) is 1. The van der Waals surface area contributed by atoms with Gasteiger partial charge in [-0.2, -0.15) is 0 Å². The summed E-state index contributed by atoms with van der Waals surface area (Å²) >= 11 is 0. The zero-order valence-corrected chi connectivity index (χ0v) is 19.6. The molecule has 1 N–H and O–H groups in total. The van der Waals surface area contributed by atoms with Crippen LogP contribution in [0.25, 0.3) is 0 Å². The van der Waals surface area contributed by atoms with Crippen LogP contribution in [0.2, 0.25) is 0 Å². The highest BCUT2D eigenvalue weighted by molar-refractivity contribution is 5.95. The number of rotatable bonds is 8. The van der Waals surface area contributed by atoms with E-state index in [0.29, 0.717) is 13.1 Å². The number of nitrogens with one attached hydrogen (secondary N) is 1. The zero-order valence-electron chi connectivity index (χ0n) is 19.6. The van der Waals surface area contributed by atoms with Crippen LogP contribution in [0.4, 0.5) is 10.1 Å². The fraction of sp³-hybridized carbons (Fsp3) is 0.310. The minimum absolute atomic E-state index is 0.0842. The summed E-state index contributed by atoms with van der Waals surface area (Å²) in [4.78, 5) is 27.7. The van der Waals surface area contributed by atoms with Gasteiger partial charge in [0.15, 0.2) is 0 Å². The first-order valence-electron chi connectivity index (χ1n) is 12.0. The lowest BCUT2D eigenvalue weighted by Crippen LogP contribution is -2.35. The second-order valence-corrected chi connectivity index (χ2v) is 9.08. The summed E-state index contributed by atoms with van der Waals surface area (Å²) in [6, 6.07) is 22.0. The highest BCUT2D eigenvalue weighted by Gasteiger charge is 2.28. The summed E-state index contributed by atoms with van der Waals surface area (Å²) in [5, 5.41) is 2.87. The number of nitrogens with zero attached hydrogens (tertiary/aromatic N) is 1. The van der Waals surface area contributed by atoms with E-state index in [9.17, 15) is 14.0 Å². The van der Waals surface area contributed by atoms with Gasteiger partial charge in [0.05, 0.1) is 13.0 Å². The molecule has 3 aromatic rings. The van der Waals surface area contributed by atoms with Gasteiger partial charge in [-0.3, -0.25) is 9.59 Å². The van der Waals surface area contributed by atoms with E-state index in [-0.39, 0.29) is 30.0 Å². The standard InChI is InChI=1S/C29H31FN2O2/c1-21-6-2-3-9-25(21)20-32(29(34)24-7-4-5-8-24)27-16-12-22(13-17-27)18-28(33)31-19-23-10-14-26(30)15-11-23/h2-3,6,9-17,24H,4-5,7-8,18-20H2,1H3,(H,31,33). The summed E-state index contributed by atoms with van der Waals surface area (Å²) in [7, 11) is 0. The molecule has 34 heavy (non-hydrogen) atoms. The summed E-state index contributed by atoms with van der Waals surface area (Å²) in [5.74, 6) is -0.125. The van der Waals surface area contributed by atoms with Crippen LogP contribution in [-0.2, 0) is 29.1 Å². The van der Waals surface area contributed by atoms with E-state index in [1.165, 1.54) is 17.7 Å². The van der Waals surface area contributed by atoms with Crippen LogP contribution in [0.1, 0.15) is 47.9 Å². The Kier molecular flexibility index (Phi) is 7.73. The second-order valence-electron chi connectivity index (χ2n) is 9.08. The molecule has 1 saturated carbocycles. The SMILES string of the molecule is Cc1ccccc1CN(C(=O)C1CCCC1)c1ccc(CC(=O)NCc2ccc(F)cc2)cc1. The van der Waals surface area contributed by atoms with Gasteiger partial charge in [-0.1, -0.05) is 61.4 Å². The van der Waals surface area contributed by atoms with Crippen LogP contribution < -0.4 is 10.2 Å². The van der Waals surface area contributed by atoms with Gasteiger partial charge in [-0.05, 0) is 66.3 Å². The first-order valence-corrected chi connectivity index (χ1v) is 12.0. The molecule has 3 aromatic carbocycles. The molecule has 0 aliphatic heterocycles. The number of benzene rings is 3. The molecule has 0 atom stereocenters. The quantitative estimate of drug-likeness (QED) is 0.470. The second kappa shape index (κ2) is 11.1. The molecule has 2 amide bonds. The minimum atomic E-state index is -0.293. The molecule has 1 fully saturated rings. The van der Waals surface area contributed by atoms with Gasteiger partial charge in [0.25, 0.3) is 0 Å². The number of amides is 2. The summed E-state index contributed by atoms with van der Waals surface area (Å²) in [6.45, 7) is 2.97. The van der Waals surface area contributed by atoms with Crippen molar-refractivity contribution < 1.29 is 14.0 Å². The van der Waals surface area contributed by atoms with E-state index >= 15 is 0 Å². The number of hydrogen-bond acceptors (Lipinski definition) is 2. The zero-order chi connectivity index (χ0) is 23.9. The fourth-order valence-corrected chi connectivity index (χ4v) is 4.49. The summed E-state index contributed by atoms with van der Waals surface area (Å²) < 4.78 is 13.0. The van der Waals surface area contributed by atoms with Gasteiger partial charge in [0.1, 0.15) is 5.82 Å². The van der Waals surface area contributed by atoms with Crippen molar-refractivity contribution in [2.24, 2.45) is 5.92 Å². The molecule has 0 unspecified atom stereocenters. The van der Waals surface area contributed by atoms with Crippen LogP contribution in [0.3, 0.4) is 0 Å². The van der Waals surface area contributed by atoms with E-state index in [0.717, 1.165) is 48.1 Å². The third-order valence-corrected chi connectivity index (χ3v) is 6.58. The van der Waals surface area contributed by atoms with E-state index < -0.39 is 0 Å². The highest BCUT2D eigenvalue weighted by atomic mass is 19.1. The first-order chi connectivity index (χ1) is 16.5. The molecule has 4 nitrogen and oxygen atoms in total. The predicted molar refractivity (Wildman–Crippen MR) is 133 cm³/mol. The number of anilines is 1. The minimum Gasteiger partial charge on any atom is -0.352 e. The molecule has 1 aliphatic carbocycles. The van der Waals surface area contributed by atoms with E-state index in [1.807, 2.05) is 41.3 Å². The van der Waals surface area contributed by atoms with Crippen molar-refractivity contribution in [3.05, 3.63) is 101 Å². The molecule has 0 saturated heterocycles. The molecule has 0 radical (unpaired) electrons. The maximum Gasteiger partial charge on any atom is 0.230 e. The van der Waals surface area contributed by atoms with Crippen LogP contribution in [0.15, 0.2) is 72.8 Å². The largest absolute Gasteiger partial charge is 0.352 e. The van der Waals surface area contributed by atoms with Gasteiger partial charge in [0.2, 0.25) is 11.8 Å². The van der Waals surface area contributed by atoms with E-state index in [2.05, 4.69) is 24.4 Å². The van der Waals surface area contributed by atoms with E-state index in [4.69, 9.17) is 0 Å². The Bertz CT molecular complexity index is 1120. The van der Waals surface area contributed by atoms with Crippen LogP contribution in [0, 0.1) is 18.7 Å². The first kappa shape index (κ1) is 23.7. The summed E-state index contributed by atoms with van der Waals surface area (Å²) in [6.07, 6.45) is 4.38. The van der Waals surface area contributed by atoms with E-state index in [1.54, 1.807) is 12.1 Å². The highest BCUT2D eigenvalue weighted by Crippen LogP contribution is 2.30. The molecule has 1 aliphatic rings. The van der Waals surface area contributed by atoms with Crippen molar-refractivity contribution in [1.29, 1.82) is 0 Å². The lowest BCUT2D eigenvalue weighted by Gasteiger charge is -2.27. The molecule has 0 aromatic heterocycles. The van der Waals surface area contributed by atoms with Crippen LogP contribution >= 0.6 is 0 Å². The molecule has 176 valence electrons. The lowest BCUT2D eigenvalue weighted by atomic mass is 10.0. The molecule has 0 heterocycles. The Hall–Kier alpha value is -3.47. The molecule has 0 bridgehead atoms. The predicted octanol–water partition coefficient (Wildman–Crippen LogP) is 5.72. The van der Waals surface area contributed by atoms with Gasteiger partial charge in [-0.15, -0.1) is 0 Å². The van der Waals surface area contributed by atoms with Crippen LogP contribution in [-0.4, -0.2) is 11.8 Å². The van der Waals surface area contributed by atoms with Crippen molar-refractivity contribution in [3.8, 4) is 0 Å². The Balaban J connectivity index is 1.43. The normalized spacial score (nSPS) is 13.6. The van der Waals surface area contributed by atoms with Crippen molar-refractivity contribution in [3.63, 3.8) is 0 Å². The monoisotopic (exact) mass is 458 g/mol. The Morgan fingerprint density at radius 2 is 1.56 bits per heavy atom. The Labute approximate surface area is 200 Å². The average molecular weight is 459 g/mol. The third-order valence-electron chi connectivity index (χ3n) is 6.58. The van der Waals surface area contributed by atoms with Gasteiger partial charge >= 0.3 is 0 Å². The number of carbonyl (C=O) groups is 2. The van der Waals surface area contributed by atoms with Gasteiger partial charge in [-0.25, -0.2) is 4.39 Å². The van der Waals surface area contributed by atoms with Crippen molar-refractivity contribution >= 4 is 17.5 Å². The average Bonchev–Trinajstić information content (AvgIpc) is 3.39. The fourth-order valence-electron chi connectivity index (χ4n) is 4.49. The lowest BCUT2D eigenvalue weighted by molar-refractivity contribution is -0.122. The maximum atomic E-state index is 13.4. The molecular formula is C29H31FN2O2. The number of halogens is 1. The van der Waals surface area contributed by atoms with Gasteiger partial charge < -0.3 is 10.2 Å². The smallest absolute Gasteiger partial charge is 0.230 e. The van der Waals surface area contributed by atoms with Crippen molar-refractivity contribution in [1.82, 2.24) is 5.32 Å². The Morgan fingerprint density at radius 3 is 2.24 bits per heavy atom. The molecule has 0 spiro atoms. The van der Waals surface area contributed by atoms with Crippen molar-refractivity contribution in [2.45, 2.75) is 52.1 Å². The summed E-state index contributed by atoms with van der Waals surface area (Å²) in [5.41, 5.74) is 4.89. The topological polar surface area (TPSA) is 49.4 Å². The van der Waals surface area contributed by atoms with Crippen molar-refractivity contribution in [2.75, 3.05) is 4.90 Å². The third kappa shape index (κ3) is 6.10. The van der Waals surface area contributed by atoms with Crippen LogP contribution in [0.5, 0.6) is 0 Å². The Morgan fingerprint density at radius 1 is 0.912 bits per heavy atom. The maximum absolute atomic E-state index is 13.4. The number of carbonyl (C=O) groups excluding carboxylic acids is 2.